The van der Waals surface area contributed by atoms with Crippen LogP contribution in [0.2, 0.25) is 0 Å². The van der Waals surface area contributed by atoms with Gasteiger partial charge in [0.05, 0.1) is 0 Å². The molecule has 0 N–H and O–H groups in total. The highest BCUT2D eigenvalue weighted by atomic mass is 16.5. The Kier molecular flexibility index (Phi) is 3.52. The Morgan fingerprint density at radius 1 is 1.04 bits per heavy atom. The highest BCUT2D eigenvalue weighted by molar-refractivity contribution is 5.88. The van der Waals surface area contributed by atoms with Gasteiger partial charge in [0.15, 0.2) is 0 Å². The summed E-state index contributed by atoms with van der Waals surface area (Å²) in [5.41, 5.74) is 7.93. The van der Waals surface area contributed by atoms with Gasteiger partial charge in [-0.05, 0) is 43.4 Å². The van der Waals surface area contributed by atoms with E-state index in [2.05, 4.69) is 30.0 Å². The molecule has 1 atom stereocenters. The van der Waals surface area contributed by atoms with Gasteiger partial charge in [-0.1, -0.05) is 18.2 Å². The number of aryl methyl sites for hydroxylation is 2. The average Bonchev–Trinajstić information content (AvgIpc) is 3.17. The monoisotopic (exact) mass is 320 g/mol. The lowest BCUT2D eigenvalue weighted by molar-refractivity contribution is 0.510. The molecule has 2 aliphatic rings. The maximum Gasteiger partial charge on any atom is 0.146 e. The summed E-state index contributed by atoms with van der Waals surface area (Å²) in [6.45, 7) is 2.58. The van der Waals surface area contributed by atoms with E-state index in [0.717, 1.165) is 35.4 Å². The average molecular weight is 320 g/mol. The van der Waals surface area contributed by atoms with Crippen LogP contribution in [-0.2, 0) is 12.8 Å². The third kappa shape index (κ3) is 2.20. The highest BCUT2D eigenvalue weighted by Crippen LogP contribution is 2.48. The third-order valence-electron chi connectivity index (χ3n) is 5.61. The van der Waals surface area contributed by atoms with E-state index in [4.69, 9.17) is 0 Å². The standard InChI is InChI=1S/C21H24N2O/c1-15(22(2)3)20-14-23(24,21-10-5-4-9-19(20)21)18-12-11-16-7-6-8-17(16)13-18/h4-5,9-13H,6-8,14H2,1-3H3. The summed E-state index contributed by atoms with van der Waals surface area (Å²) in [6.07, 6.45) is 3.46. The zero-order chi connectivity index (χ0) is 16.9. The number of hydrogen-bond donors (Lipinski definition) is 0. The van der Waals surface area contributed by atoms with Gasteiger partial charge in [0, 0.05) is 49.1 Å². The van der Waals surface area contributed by atoms with Crippen LogP contribution in [-0.4, -0.2) is 25.5 Å². The summed E-state index contributed by atoms with van der Waals surface area (Å²) in [6, 6.07) is 14.4. The van der Waals surface area contributed by atoms with Crippen LogP contribution in [0.25, 0.3) is 5.57 Å². The van der Waals surface area contributed by atoms with E-state index in [-0.39, 0.29) is 4.65 Å². The fourth-order valence-corrected chi connectivity index (χ4v) is 4.03. The van der Waals surface area contributed by atoms with Crippen LogP contribution in [0.1, 0.15) is 30.0 Å². The molecule has 0 saturated heterocycles. The number of para-hydroxylation sites is 1. The van der Waals surface area contributed by atoms with Gasteiger partial charge in [-0.2, -0.15) is 0 Å². The molecule has 0 amide bonds. The van der Waals surface area contributed by atoms with Crippen LogP contribution in [0.5, 0.6) is 0 Å². The molecule has 0 fully saturated rings. The number of hydrogen-bond acceptors (Lipinski definition) is 2. The number of quaternary nitrogens is 1. The van der Waals surface area contributed by atoms with Crippen molar-refractivity contribution < 1.29 is 0 Å². The largest absolute Gasteiger partial charge is 0.622 e. The van der Waals surface area contributed by atoms with Gasteiger partial charge in [-0.3, -0.25) is 4.65 Å². The van der Waals surface area contributed by atoms with Crippen LogP contribution in [0.3, 0.4) is 0 Å². The fraction of sp³-hybridized carbons (Fsp3) is 0.333. The van der Waals surface area contributed by atoms with Crippen LogP contribution in [0, 0.1) is 5.21 Å². The summed E-state index contributed by atoms with van der Waals surface area (Å²) in [5, 5.41) is 13.9. The predicted octanol–water partition coefficient (Wildman–Crippen LogP) is 4.62. The molecule has 1 aliphatic heterocycles. The first-order valence-electron chi connectivity index (χ1n) is 8.69. The third-order valence-corrected chi connectivity index (χ3v) is 5.61. The SMILES string of the molecule is CC(=C1C[N+]([O-])(c2ccc3c(c2)CCC3)c2ccccc21)N(C)C. The van der Waals surface area contributed by atoms with Gasteiger partial charge in [0.2, 0.25) is 0 Å². The van der Waals surface area contributed by atoms with Crippen LogP contribution in [0.4, 0.5) is 11.4 Å². The van der Waals surface area contributed by atoms with Crippen molar-refractivity contribution in [2.45, 2.75) is 26.2 Å². The van der Waals surface area contributed by atoms with E-state index in [9.17, 15) is 5.21 Å². The first-order valence-corrected chi connectivity index (χ1v) is 8.69. The highest BCUT2D eigenvalue weighted by Gasteiger charge is 2.38. The predicted molar refractivity (Wildman–Crippen MR) is 101 cm³/mol. The molecule has 0 radical (unpaired) electrons. The fourth-order valence-electron chi connectivity index (χ4n) is 4.03. The molecule has 0 saturated carbocycles. The van der Waals surface area contributed by atoms with Crippen molar-refractivity contribution in [3.8, 4) is 0 Å². The van der Waals surface area contributed by atoms with E-state index >= 15 is 0 Å². The van der Waals surface area contributed by atoms with E-state index in [1.165, 1.54) is 23.2 Å². The molecule has 0 aromatic heterocycles. The van der Waals surface area contributed by atoms with Crippen molar-refractivity contribution in [1.29, 1.82) is 0 Å². The smallest absolute Gasteiger partial charge is 0.146 e. The molecule has 2 aromatic rings. The second-order valence-corrected chi connectivity index (χ2v) is 7.18. The maximum absolute atomic E-state index is 13.9. The van der Waals surface area contributed by atoms with Gasteiger partial charge in [0.25, 0.3) is 0 Å². The number of nitrogens with zero attached hydrogens (tertiary/aromatic N) is 2. The van der Waals surface area contributed by atoms with E-state index < -0.39 is 0 Å². The number of benzene rings is 2. The lowest BCUT2D eigenvalue weighted by Gasteiger charge is -2.38. The molecule has 3 nitrogen and oxygen atoms in total. The van der Waals surface area contributed by atoms with E-state index in [1.807, 2.05) is 38.4 Å². The van der Waals surface area contributed by atoms with Gasteiger partial charge in [-0.15, -0.1) is 0 Å². The topological polar surface area (TPSA) is 26.3 Å². The number of fused-ring (bicyclic) bond motifs is 2. The quantitative estimate of drug-likeness (QED) is 0.596. The van der Waals surface area contributed by atoms with Crippen molar-refractivity contribution in [1.82, 2.24) is 9.55 Å². The first-order chi connectivity index (χ1) is 11.5. The summed E-state index contributed by atoms with van der Waals surface area (Å²) in [7, 11) is 4.08. The van der Waals surface area contributed by atoms with Crippen molar-refractivity contribution in [3.05, 3.63) is 70.1 Å². The molecule has 24 heavy (non-hydrogen) atoms. The molecule has 1 unspecified atom stereocenters. The Morgan fingerprint density at radius 2 is 1.79 bits per heavy atom. The summed E-state index contributed by atoms with van der Waals surface area (Å²) >= 11 is 0. The second kappa shape index (κ2) is 5.47. The lowest BCUT2D eigenvalue weighted by atomic mass is 10.1. The molecule has 4 rings (SSSR count). The number of allylic oxidation sites excluding steroid dienone is 1. The molecule has 1 heterocycles. The molecule has 3 heteroatoms. The van der Waals surface area contributed by atoms with E-state index in [1.54, 1.807) is 0 Å². The molecule has 124 valence electrons. The number of hydroxylamine groups is 1. The lowest BCUT2D eigenvalue weighted by Crippen LogP contribution is -2.35. The van der Waals surface area contributed by atoms with Crippen molar-refractivity contribution >= 4 is 16.9 Å². The van der Waals surface area contributed by atoms with E-state index in [0.29, 0.717) is 6.54 Å². The molecule has 0 bridgehead atoms. The first kappa shape index (κ1) is 15.4. The Balaban J connectivity index is 1.88. The van der Waals surface area contributed by atoms with Crippen molar-refractivity contribution in [2.75, 3.05) is 20.6 Å². The van der Waals surface area contributed by atoms with Crippen molar-refractivity contribution in [3.63, 3.8) is 0 Å². The number of rotatable bonds is 2. The molecule has 0 spiro atoms. The van der Waals surface area contributed by atoms with Gasteiger partial charge in [0.1, 0.15) is 17.9 Å². The van der Waals surface area contributed by atoms with Crippen LogP contribution in [0.15, 0.2) is 48.2 Å². The Bertz CT molecular complexity index is 837. The minimum atomic E-state index is -0.371. The minimum absolute atomic E-state index is 0.371. The molecular weight excluding hydrogens is 296 g/mol. The van der Waals surface area contributed by atoms with Gasteiger partial charge >= 0.3 is 0 Å². The Hall–Kier alpha value is -2.10. The molecular formula is C21H24N2O. The zero-order valence-electron chi connectivity index (χ0n) is 14.7. The Morgan fingerprint density at radius 3 is 2.58 bits per heavy atom. The zero-order valence-corrected chi connectivity index (χ0v) is 14.7. The molecule has 1 aliphatic carbocycles. The second-order valence-electron chi connectivity index (χ2n) is 7.18. The van der Waals surface area contributed by atoms with Gasteiger partial charge < -0.3 is 10.1 Å². The summed E-state index contributed by atoms with van der Waals surface area (Å²) in [5.74, 6) is 0. The minimum Gasteiger partial charge on any atom is -0.622 e. The normalized spacial score (nSPS) is 23.8. The molecule has 2 aromatic carbocycles. The summed E-state index contributed by atoms with van der Waals surface area (Å²) in [4.78, 5) is 2.10. The van der Waals surface area contributed by atoms with Crippen molar-refractivity contribution in [2.24, 2.45) is 0 Å². The Labute approximate surface area is 144 Å². The maximum atomic E-state index is 13.9. The van der Waals surface area contributed by atoms with Crippen LogP contribution >= 0.6 is 0 Å². The summed E-state index contributed by atoms with van der Waals surface area (Å²) < 4.78 is -0.371. The van der Waals surface area contributed by atoms with Crippen LogP contribution < -0.4 is 4.65 Å². The van der Waals surface area contributed by atoms with Gasteiger partial charge in [-0.25, -0.2) is 0 Å².